The van der Waals surface area contributed by atoms with Crippen molar-refractivity contribution in [3.63, 3.8) is 0 Å². The van der Waals surface area contributed by atoms with Crippen molar-refractivity contribution in [3.8, 4) is 0 Å². The lowest BCUT2D eigenvalue weighted by molar-refractivity contribution is -0.123. The van der Waals surface area contributed by atoms with Gasteiger partial charge >= 0.3 is 12.1 Å². The summed E-state index contributed by atoms with van der Waals surface area (Å²) in [6, 6.07) is 10.3. The van der Waals surface area contributed by atoms with Gasteiger partial charge in [-0.25, -0.2) is 19.5 Å². The van der Waals surface area contributed by atoms with Gasteiger partial charge in [0.2, 0.25) is 0 Å². The standard InChI is InChI=1S/C27H38N6O3/c1-26(2,3)20-9-11-21(12-10-20)33-23(34)27(4,5)32(25(33)36)18-19-13-15-28-22(17-19)30-24(35)29-14-8-16-31(6)7/h9-13,15,17H,8,14,16,18H2,1-7H3,(H2,28,29,30,35). The van der Waals surface area contributed by atoms with Crippen LogP contribution in [0.3, 0.4) is 0 Å². The van der Waals surface area contributed by atoms with Crippen molar-refractivity contribution in [1.82, 2.24) is 20.1 Å². The number of nitrogens with one attached hydrogen (secondary N) is 2. The van der Waals surface area contributed by atoms with Gasteiger partial charge in [-0.15, -0.1) is 0 Å². The molecule has 194 valence electrons. The molecule has 2 heterocycles. The van der Waals surface area contributed by atoms with Gasteiger partial charge in [-0.1, -0.05) is 32.9 Å². The molecule has 1 aromatic heterocycles. The van der Waals surface area contributed by atoms with Crippen molar-refractivity contribution < 1.29 is 14.4 Å². The van der Waals surface area contributed by atoms with Gasteiger partial charge in [0, 0.05) is 19.3 Å². The van der Waals surface area contributed by atoms with E-state index in [4.69, 9.17) is 0 Å². The van der Waals surface area contributed by atoms with E-state index in [9.17, 15) is 14.4 Å². The number of imide groups is 1. The van der Waals surface area contributed by atoms with E-state index in [1.54, 1.807) is 37.1 Å². The van der Waals surface area contributed by atoms with Crippen LogP contribution in [0.4, 0.5) is 21.1 Å². The summed E-state index contributed by atoms with van der Waals surface area (Å²) >= 11 is 0. The molecule has 0 aliphatic carbocycles. The van der Waals surface area contributed by atoms with Gasteiger partial charge < -0.3 is 15.1 Å². The summed E-state index contributed by atoms with van der Waals surface area (Å²) in [4.78, 5) is 48.0. The molecule has 0 atom stereocenters. The van der Waals surface area contributed by atoms with Crippen LogP contribution in [-0.2, 0) is 16.8 Å². The van der Waals surface area contributed by atoms with Crippen LogP contribution in [0.2, 0.25) is 0 Å². The molecule has 0 radical (unpaired) electrons. The van der Waals surface area contributed by atoms with Gasteiger partial charge in [-0.05, 0) is 81.7 Å². The van der Waals surface area contributed by atoms with Gasteiger partial charge in [0.1, 0.15) is 11.4 Å². The Morgan fingerprint density at radius 2 is 1.75 bits per heavy atom. The molecule has 5 amide bonds. The normalized spacial score (nSPS) is 15.6. The minimum Gasteiger partial charge on any atom is -0.338 e. The lowest BCUT2D eigenvalue weighted by Gasteiger charge is -2.27. The van der Waals surface area contributed by atoms with Crippen LogP contribution in [0.1, 0.15) is 52.2 Å². The Kier molecular flexibility index (Phi) is 8.03. The van der Waals surface area contributed by atoms with Crippen molar-refractivity contribution >= 4 is 29.5 Å². The number of anilines is 2. The maximum Gasteiger partial charge on any atom is 0.332 e. The number of pyridine rings is 1. The van der Waals surface area contributed by atoms with Crippen LogP contribution < -0.4 is 15.5 Å². The first-order chi connectivity index (χ1) is 16.8. The number of rotatable bonds is 8. The first-order valence-corrected chi connectivity index (χ1v) is 12.2. The van der Waals surface area contributed by atoms with Crippen LogP contribution in [0.25, 0.3) is 0 Å². The summed E-state index contributed by atoms with van der Waals surface area (Å²) in [5.74, 6) is 0.100. The zero-order valence-corrected chi connectivity index (χ0v) is 22.4. The molecular formula is C27H38N6O3. The number of urea groups is 2. The third-order valence-electron chi connectivity index (χ3n) is 6.29. The molecule has 1 aromatic carbocycles. The summed E-state index contributed by atoms with van der Waals surface area (Å²) in [5, 5.41) is 5.54. The highest BCUT2D eigenvalue weighted by molar-refractivity contribution is 6.22. The molecule has 9 nitrogen and oxygen atoms in total. The molecule has 1 fully saturated rings. The molecule has 1 saturated heterocycles. The molecule has 0 spiro atoms. The molecular weight excluding hydrogens is 456 g/mol. The highest BCUT2D eigenvalue weighted by Gasteiger charge is 2.51. The highest BCUT2D eigenvalue weighted by atomic mass is 16.2. The number of hydrogen-bond acceptors (Lipinski definition) is 5. The fourth-order valence-corrected chi connectivity index (χ4v) is 4.02. The molecule has 0 unspecified atom stereocenters. The molecule has 3 rings (SSSR count). The Balaban J connectivity index is 1.71. The molecule has 2 N–H and O–H groups in total. The number of aromatic nitrogens is 1. The summed E-state index contributed by atoms with van der Waals surface area (Å²) in [6.07, 6.45) is 2.42. The zero-order chi connectivity index (χ0) is 26.7. The maximum absolute atomic E-state index is 13.4. The van der Waals surface area contributed by atoms with Gasteiger partial charge in [-0.3, -0.25) is 10.1 Å². The molecule has 9 heteroatoms. The van der Waals surface area contributed by atoms with Crippen molar-refractivity contribution in [2.75, 3.05) is 37.4 Å². The molecule has 2 aromatic rings. The molecule has 36 heavy (non-hydrogen) atoms. The lowest BCUT2D eigenvalue weighted by atomic mass is 9.87. The van der Waals surface area contributed by atoms with Crippen LogP contribution in [0.5, 0.6) is 0 Å². The van der Waals surface area contributed by atoms with E-state index < -0.39 is 5.54 Å². The van der Waals surface area contributed by atoms with Crippen molar-refractivity contribution in [3.05, 3.63) is 53.7 Å². The second-order valence-corrected chi connectivity index (χ2v) is 11.0. The van der Waals surface area contributed by atoms with Crippen LogP contribution in [0, 0.1) is 0 Å². The molecule has 1 aliphatic heterocycles. The highest BCUT2D eigenvalue weighted by Crippen LogP contribution is 2.34. The third kappa shape index (κ3) is 6.20. The van der Waals surface area contributed by atoms with Gasteiger partial charge in [0.05, 0.1) is 5.69 Å². The smallest absolute Gasteiger partial charge is 0.332 e. The van der Waals surface area contributed by atoms with Crippen LogP contribution >= 0.6 is 0 Å². The fourth-order valence-electron chi connectivity index (χ4n) is 4.02. The van der Waals surface area contributed by atoms with Crippen molar-refractivity contribution in [1.29, 1.82) is 0 Å². The Morgan fingerprint density at radius 3 is 2.36 bits per heavy atom. The van der Waals surface area contributed by atoms with E-state index >= 15 is 0 Å². The number of carbonyl (C=O) groups is 3. The Morgan fingerprint density at radius 1 is 1.08 bits per heavy atom. The predicted octanol–water partition coefficient (Wildman–Crippen LogP) is 4.20. The van der Waals surface area contributed by atoms with Crippen LogP contribution in [0.15, 0.2) is 42.6 Å². The minimum atomic E-state index is -1.03. The predicted molar refractivity (Wildman–Crippen MR) is 142 cm³/mol. The minimum absolute atomic E-state index is 0.0287. The average molecular weight is 495 g/mol. The van der Waals surface area contributed by atoms with Crippen molar-refractivity contribution in [2.24, 2.45) is 0 Å². The molecule has 1 aliphatic rings. The summed E-state index contributed by atoms with van der Waals surface area (Å²) < 4.78 is 0. The largest absolute Gasteiger partial charge is 0.338 e. The average Bonchev–Trinajstić information content (AvgIpc) is 2.96. The fraction of sp³-hybridized carbons (Fsp3) is 0.481. The van der Waals surface area contributed by atoms with E-state index in [-0.39, 0.29) is 29.9 Å². The topological polar surface area (TPSA) is 97.9 Å². The van der Waals surface area contributed by atoms with Gasteiger partial charge in [0.15, 0.2) is 0 Å². The van der Waals surface area contributed by atoms with E-state index in [0.29, 0.717) is 18.1 Å². The van der Waals surface area contributed by atoms with Crippen molar-refractivity contribution in [2.45, 2.75) is 58.5 Å². The quantitative estimate of drug-likeness (QED) is 0.423. The SMILES string of the molecule is CN(C)CCCNC(=O)Nc1cc(CN2C(=O)N(c3ccc(C(C)(C)C)cc3)C(=O)C2(C)C)ccn1. The second kappa shape index (κ2) is 10.7. The Bertz CT molecular complexity index is 1110. The summed E-state index contributed by atoms with van der Waals surface area (Å²) in [7, 11) is 3.97. The second-order valence-electron chi connectivity index (χ2n) is 11.0. The summed E-state index contributed by atoms with van der Waals surface area (Å²) in [6.45, 7) is 11.5. The number of nitrogens with zero attached hydrogens (tertiary/aromatic N) is 4. The zero-order valence-electron chi connectivity index (χ0n) is 22.4. The number of hydrogen-bond donors (Lipinski definition) is 2. The van der Waals surface area contributed by atoms with E-state index in [2.05, 4.69) is 41.3 Å². The number of amides is 5. The van der Waals surface area contributed by atoms with E-state index in [0.717, 1.165) is 24.1 Å². The first-order valence-electron chi connectivity index (χ1n) is 12.2. The molecule has 0 saturated carbocycles. The Hall–Kier alpha value is -3.46. The lowest BCUT2D eigenvalue weighted by Crippen LogP contribution is -2.43. The third-order valence-corrected chi connectivity index (χ3v) is 6.29. The van der Waals surface area contributed by atoms with E-state index in [1.165, 1.54) is 4.90 Å². The van der Waals surface area contributed by atoms with Gasteiger partial charge in [-0.2, -0.15) is 0 Å². The van der Waals surface area contributed by atoms with Crippen LogP contribution in [-0.4, -0.2) is 65.5 Å². The van der Waals surface area contributed by atoms with Gasteiger partial charge in [0.25, 0.3) is 5.91 Å². The summed E-state index contributed by atoms with van der Waals surface area (Å²) in [5.41, 5.74) is 1.38. The monoisotopic (exact) mass is 494 g/mol. The maximum atomic E-state index is 13.4. The number of benzene rings is 1. The molecule has 0 bridgehead atoms. The van der Waals surface area contributed by atoms with E-state index in [1.807, 2.05) is 38.4 Å². The first kappa shape index (κ1) is 27.1. The number of carbonyl (C=O) groups excluding carboxylic acids is 3. The Labute approximate surface area is 213 Å².